The van der Waals surface area contributed by atoms with Gasteiger partial charge in [0.25, 0.3) is 0 Å². The second kappa shape index (κ2) is 10.6. The molecule has 20 heavy (non-hydrogen) atoms. The molecule has 1 aliphatic rings. The largest absolute Gasteiger partial charge is 0.315 e. The fraction of sp³-hybridized carbons (Fsp3) is 1.00. The minimum Gasteiger partial charge on any atom is -0.315 e. The number of likely N-dealkylation sites (N-methyl/N-ethyl adjacent to an activating group) is 1. The van der Waals surface area contributed by atoms with Gasteiger partial charge in [0.05, 0.1) is 0 Å². The highest BCUT2D eigenvalue weighted by Crippen LogP contribution is 2.06. The van der Waals surface area contributed by atoms with Gasteiger partial charge in [-0.15, -0.1) is 0 Å². The van der Waals surface area contributed by atoms with Crippen molar-refractivity contribution in [3.05, 3.63) is 0 Å². The molecular formula is C16H36N4. The molecule has 4 nitrogen and oxygen atoms in total. The van der Waals surface area contributed by atoms with Gasteiger partial charge < -0.3 is 15.1 Å². The number of nitrogens with zero attached hydrogens (tertiary/aromatic N) is 3. The van der Waals surface area contributed by atoms with Gasteiger partial charge in [-0.05, 0) is 47.0 Å². The zero-order valence-corrected chi connectivity index (χ0v) is 14.2. The summed E-state index contributed by atoms with van der Waals surface area (Å²) in [4.78, 5) is 7.52. The fourth-order valence-electron chi connectivity index (χ4n) is 2.81. The first-order chi connectivity index (χ1) is 9.61. The number of hydrogen-bond donors (Lipinski definition) is 1. The number of hydrogen-bond acceptors (Lipinski definition) is 4. The third kappa shape index (κ3) is 8.20. The summed E-state index contributed by atoms with van der Waals surface area (Å²) in [5.41, 5.74) is 0. The van der Waals surface area contributed by atoms with E-state index >= 15 is 0 Å². The molecule has 1 rings (SSSR count). The molecule has 1 saturated heterocycles. The normalized spacial score (nSPS) is 19.6. The van der Waals surface area contributed by atoms with E-state index in [1.54, 1.807) is 0 Å². The van der Waals surface area contributed by atoms with Crippen LogP contribution in [0.3, 0.4) is 0 Å². The highest BCUT2D eigenvalue weighted by Gasteiger charge is 2.16. The summed E-state index contributed by atoms with van der Waals surface area (Å²) in [7, 11) is 4.31. The lowest BCUT2D eigenvalue weighted by Crippen LogP contribution is -2.48. The van der Waals surface area contributed by atoms with Crippen molar-refractivity contribution in [1.29, 1.82) is 0 Å². The van der Waals surface area contributed by atoms with Crippen molar-refractivity contribution in [2.75, 3.05) is 66.5 Å². The van der Waals surface area contributed by atoms with Gasteiger partial charge in [-0.2, -0.15) is 0 Å². The van der Waals surface area contributed by atoms with Crippen LogP contribution in [0.15, 0.2) is 0 Å². The standard InChI is InChI=1S/C16H36N4/c1-5-17-16(2)8-6-7-9-19-12-14-20(15-13-19)11-10-18(3)4/h16-17H,5-15H2,1-4H3. The Morgan fingerprint density at radius 1 is 1.00 bits per heavy atom. The predicted octanol–water partition coefficient (Wildman–Crippen LogP) is 1.33. The highest BCUT2D eigenvalue weighted by atomic mass is 15.3. The molecule has 120 valence electrons. The van der Waals surface area contributed by atoms with Crippen LogP contribution in [0.4, 0.5) is 0 Å². The summed E-state index contributed by atoms with van der Waals surface area (Å²) in [5.74, 6) is 0. The number of nitrogens with one attached hydrogen (secondary N) is 1. The molecule has 0 aromatic carbocycles. The second-order valence-electron chi connectivity index (χ2n) is 6.44. The molecule has 1 unspecified atom stereocenters. The molecule has 1 aliphatic heterocycles. The number of rotatable bonds is 10. The maximum absolute atomic E-state index is 3.49. The zero-order chi connectivity index (χ0) is 14.8. The van der Waals surface area contributed by atoms with Crippen molar-refractivity contribution >= 4 is 0 Å². The second-order valence-corrected chi connectivity index (χ2v) is 6.44. The summed E-state index contributed by atoms with van der Waals surface area (Å²) in [5, 5.41) is 3.49. The average Bonchev–Trinajstić information content (AvgIpc) is 2.43. The first-order valence-corrected chi connectivity index (χ1v) is 8.44. The lowest BCUT2D eigenvalue weighted by Gasteiger charge is -2.35. The molecule has 0 aliphatic carbocycles. The lowest BCUT2D eigenvalue weighted by atomic mass is 10.1. The van der Waals surface area contributed by atoms with E-state index in [2.05, 4.69) is 48.0 Å². The summed E-state index contributed by atoms with van der Waals surface area (Å²) in [6, 6.07) is 0.683. The first-order valence-electron chi connectivity index (χ1n) is 8.44. The quantitative estimate of drug-likeness (QED) is 0.611. The monoisotopic (exact) mass is 284 g/mol. The van der Waals surface area contributed by atoms with Crippen LogP contribution in [0.2, 0.25) is 0 Å². The minimum absolute atomic E-state index is 0.683. The van der Waals surface area contributed by atoms with Crippen LogP contribution in [0.25, 0.3) is 0 Å². The molecule has 1 N–H and O–H groups in total. The van der Waals surface area contributed by atoms with Crippen molar-refractivity contribution in [2.24, 2.45) is 0 Å². The van der Waals surface area contributed by atoms with Crippen molar-refractivity contribution in [1.82, 2.24) is 20.0 Å². The van der Waals surface area contributed by atoms with Crippen LogP contribution in [-0.4, -0.2) is 87.2 Å². The lowest BCUT2D eigenvalue weighted by molar-refractivity contribution is 0.124. The van der Waals surface area contributed by atoms with E-state index < -0.39 is 0 Å². The van der Waals surface area contributed by atoms with E-state index in [4.69, 9.17) is 0 Å². The Balaban J connectivity index is 1.99. The van der Waals surface area contributed by atoms with E-state index in [-0.39, 0.29) is 0 Å². The van der Waals surface area contributed by atoms with Gasteiger partial charge in [0.15, 0.2) is 0 Å². The van der Waals surface area contributed by atoms with Crippen LogP contribution in [-0.2, 0) is 0 Å². The Morgan fingerprint density at radius 3 is 2.15 bits per heavy atom. The van der Waals surface area contributed by atoms with Crippen LogP contribution in [0.5, 0.6) is 0 Å². The van der Waals surface area contributed by atoms with Gasteiger partial charge >= 0.3 is 0 Å². The maximum atomic E-state index is 3.49. The summed E-state index contributed by atoms with van der Waals surface area (Å²) in [6.07, 6.45) is 4.03. The Hall–Kier alpha value is -0.160. The van der Waals surface area contributed by atoms with Crippen molar-refractivity contribution in [3.63, 3.8) is 0 Å². The van der Waals surface area contributed by atoms with Gasteiger partial charge in [-0.25, -0.2) is 0 Å². The third-order valence-corrected chi connectivity index (χ3v) is 4.24. The molecule has 0 aromatic heterocycles. The number of unbranched alkanes of at least 4 members (excludes halogenated alkanes) is 1. The molecular weight excluding hydrogens is 248 g/mol. The van der Waals surface area contributed by atoms with E-state index in [9.17, 15) is 0 Å². The Kier molecular flexibility index (Phi) is 9.44. The Labute approximate surface area is 126 Å². The molecule has 0 saturated carbocycles. The smallest absolute Gasteiger partial charge is 0.0110 e. The van der Waals surface area contributed by atoms with E-state index in [0.29, 0.717) is 6.04 Å². The van der Waals surface area contributed by atoms with E-state index in [1.807, 2.05) is 0 Å². The zero-order valence-electron chi connectivity index (χ0n) is 14.2. The molecule has 0 amide bonds. The number of piperazine rings is 1. The summed E-state index contributed by atoms with van der Waals surface area (Å²) < 4.78 is 0. The molecule has 0 radical (unpaired) electrons. The molecule has 1 heterocycles. The van der Waals surface area contributed by atoms with Gasteiger partial charge in [-0.1, -0.05) is 13.3 Å². The highest BCUT2D eigenvalue weighted by molar-refractivity contribution is 4.72. The van der Waals surface area contributed by atoms with E-state index in [1.165, 1.54) is 65.1 Å². The van der Waals surface area contributed by atoms with Crippen LogP contribution in [0, 0.1) is 0 Å². The molecule has 1 atom stereocenters. The molecule has 0 bridgehead atoms. The van der Waals surface area contributed by atoms with Gasteiger partial charge in [0.1, 0.15) is 0 Å². The maximum Gasteiger partial charge on any atom is 0.0110 e. The van der Waals surface area contributed by atoms with E-state index in [0.717, 1.165) is 6.54 Å². The summed E-state index contributed by atoms with van der Waals surface area (Å²) in [6.45, 7) is 14.3. The van der Waals surface area contributed by atoms with Crippen LogP contribution >= 0.6 is 0 Å². The Morgan fingerprint density at radius 2 is 1.60 bits per heavy atom. The van der Waals surface area contributed by atoms with Crippen molar-refractivity contribution in [3.8, 4) is 0 Å². The fourth-order valence-corrected chi connectivity index (χ4v) is 2.81. The average molecular weight is 284 g/mol. The minimum atomic E-state index is 0.683. The van der Waals surface area contributed by atoms with Crippen molar-refractivity contribution in [2.45, 2.75) is 39.2 Å². The van der Waals surface area contributed by atoms with Gasteiger partial charge in [0, 0.05) is 45.3 Å². The van der Waals surface area contributed by atoms with Gasteiger partial charge in [0.2, 0.25) is 0 Å². The molecule has 0 spiro atoms. The third-order valence-electron chi connectivity index (χ3n) is 4.24. The first kappa shape index (κ1) is 17.9. The van der Waals surface area contributed by atoms with Gasteiger partial charge in [-0.3, -0.25) is 4.90 Å². The van der Waals surface area contributed by atoms with Crippen LogP contribution in [0.1, 0.15) is 33.1 Å². The predicted molar refractivity (Wildman–Crippen MR) is 88.4 cm³/mol. The summed E-state index contributed by atoms with van der Waals surface area (Å²) >= 11 is 0. The van der Waals surface area contributed by atoms with Crippen molar-refractivity contribution < 1.29 is 0 Å². The molecule has 0 aromatic rings. The molecule has 1 fully saturated rings. The topological polar surface area (TPSA) is 21.8 Å². The SMILES string of the molecule is CCNC(C)CCCCN1CCN(CCN(C)C)CC1. The Bertz CT molecular complexity index is 225. The van der Waals surface area contributed by atoms with Crippen LogP contribution < -0.4 is 5.32 Å². The molecule has 4 heteroatoms.